The van der Waals surface area contributed by atoms with Crippen LogP contribution in [0.4, 0.5) is 0 Å². The lowest BCUT2D eigenvalue weighted by molar-refractivity contribution is 0.0938. The molecule has 3 heterocycles. The zero-order valence-electron chi connectivity index (χ0n) is 20.5. The van der Waals surface area contributed by atoms with Gasteiger partial charge in [0.2, 0.25) is 0 Å². The van der Waals surface area contributed by atoms with E-state index in [1.807, 2.05) is 0 Å². The molecule has 2 fully saturated rings. The van der Waals surface area contributed by atoms with Crippen molar-refractivity contribution in [2.75, 3.05) is 53.6 Å². The van der Waals surface area contributed by atoms with Crippen molar-refractivity contribution in [1.29, 1.82) is 0 Å². The Bertz CT molecular complexity index is 1070. The number of benzene rings is 1. The van der Waals surface area contributed by atoms with E-state index in [1.165, 1.54) is 54.5 Å². The second-order valence-electron chi connectivity index (χ2n) is 9.68. The van der Waals surface area contributed by atoms with Crippen molar-refractivity contribution in [2.24, 2.45) is 5.92 Å². The van der Waals surface area contributed by atoms with Gasteiger partial charge >= 0.3 is 0 Å². The molecule has 1 aliphatic heterocycles. The van der Waals surface area contributed by atoms with Crippen LogP contribution in [0.3, 0.4) is 0 Å². The number of hydrogen-bond acceptors (Lipinski definition) is 7. The topological polar surface area (TPSA) is 55.7 Å². The van der Waals surface area contributed by atoms with Crippen molar-refractivity contribution in [3.63, 3.8) is 0 Å². The maximum atomic E-state index is 5.77. The van der Waals surface area contributed by atoms with E-state index in [2.05, 4.69) is 38.8 Å². The summed E-state index contributed by atoms with van der Waals surface area (Å²) < 4.78 is 18.2. The van der Waals surface area contributed by atoms with Gasteiger partial charge < -0.3 is 14.0 Å². The number of para-hydroxylation sites is 1. The van der Waals surface area contributed by atoms with E-state index in [0.29, 0.717) is 0 Å². The second kappa shape index (κ2) is 11.2. The fraction of sp³-hybridized carbons (Fsp3) is 0.615. The van der Waals surface area contributed by atoms with Gasteiger partial charge in [0.25, 0.3) is 0 Å². The van der Waals surface area contributed by atoms with E-state index < -0.39 is 0 Å². The third kappa shape index (κ3) is 5.30. The number of hydrogen-bond donors (Lipinski definition) is 0. The maximum Gasteiger partial charge on any atom is 0.175 e. The molecule has 0 unspecified atom stereocenters. The Morgan fingerprint density at radius 3 is 2.59 bits per heavy atom. The summed E-state index contributed by atoms with van der Waals surface area (Å²) in [5.41, 5.74) is 2.30. The van der Waals surface area contributed by atoms with E-state index >= 15 is 0 Å². The highest BCUT2D eigenvalue weighted by molar-refractivity contribution is 7.05. The molecule has 0 atom stereocenters. The zero-order valence-corrected chi connectivity index (χ0v) is 21.4. The number of nitrogens with zero attached hydrogens (tertiary/aromatic N) is 5. The van der Waals surface area contributed by atoms with Crippen LogP contribution in [0.15, 0.2) is 24.4 Å². The number of aromatic nitrogens is 3. The quantitative estimate of drug-likeness (QED) is 0.446. The van der Waals surface area contributed by atoms with Crippen molar-refractivity contribution in [3.8, 4) is 17.1 Å². The molecule has 0 radical (unpaired) electrons. The molecule has 7 nitrogen and oxygen atoms in total. The van der Waals surface area contributed by atoms with E-state index in [-0.39, 0.29) is 0 Å². The van der Waals surface area contributed by atoms with Gasteiger partial charge in [-0.3, -0.25) is 9.80 Å². The molecule has 2 aliphatic rings. The highest BCUT2D eigenvalue weighted by Gasteiger charge is 2.22. The van der Waals surface area contributed by atoms with E-state index in [0.717, 1.165) is 80.5 Å². The molecule has 0 amide bonds. The minimum Gasteiger partial charge on any atom is -0.495 e. The van der Waals surface area contributed by atoms with Gasteiger partial charge in [0, 0.05) is 63.5 Å². The Morgan fingerprint density at radius 1 is 1.03 bits per heavy atom. The predicted molar refractivity (Wildman–Crippen MR) is 138 cm³/mol. The number of rotatable bonds is 9. The number of fused-ring (bicyclic) bond motifs is 1. The molecular formula is C26H37N5O2S. The highest BCUT2D eigenvalue weighted by Crippen LogP contribution is 2.37. The fourth-order valence-corrected chi connectivity index (χ4v) is 6.17. The van der Waals surface area contributed by atoms with E-state index in [1.54, 1.807) is 14.2 Å². The van der Waals surface area contributed by atoms with Crippen LogP contribution in [0.2, 0.25) is 0 Å². The van der Waals surface area contributed by atoms with Gasteiger partial charge in [-0.1, -0.05) is 31.4 Å². The molecule has 3 aromatic rings. The molecule has 1 aromatic carbocycles. The van der Waals surface area contributed by atoms with Gasteiger partial charge in [-0.2, -0.15) is 4.37 Å². The average molecular weight is 484 g/mol. The summed E-state index contributed by atoms with van der Waals surface area (Å²) in [7, 11) is 3.54. The molecule has 2 aromatic heterocycles. The Hall–Kier alpha value is -2.00. The molecule has 34 heavy (non-hydrogen) atoms. The van der Waals surface area contributed by atoms with Crippen LogP contribution < -0.4 is 4.74 Å². The number of piperazine rings is 1. The fourth-order valence-electron chi connectivity index (χ4n) is 5.47. The first-order valence-electron chi connectivity index (χ1n) is 12.7. The van der Waals surface area contributed by atoms with E-state index in [9.17, 15) is 0 Å². The molecule has 5 rings (SSSR count). The minimum atomic E-state index is 0.739. The Labute approximate surface area is 206 Å². The second-order valence-corrected chi connectivity index (χ2v) is 10.5. The van der Waals surface area contributed by atoms with Gasteiger partial charge in [0.1, 0.15) is 10.8 Å². The largest absolute Gasteiger partial charge is 0.495 e. The molecule has 0 bridgehead atoms. The van der Waals surface area contributed by atoms with Gasteiger partial charge in [0.05, 0.1) is 25.8 Å². The minimum absolute atomic E-state index is 0.739. The molecule has 1 saturated carbocycles. The van der Waals surface area contributed by atoms with Crippen LogP contribution in [0.5, 0.6) is 5.75 Å². The molecule has 8 heteroatoms. The Balaban J connectivity index is 1.33. The predicted octanol–water partition coefficient (Wildman–Crippen LogP) is 4.51. The van der Waals surface area contributed by atoms with Gasteiger partial charge in [0.15, 0.2) is 5.82 Å². The van der Waals surface area contributed by atoms with Crippen LogP contribution in [0.1, 0.15) is 37.1 Å². The summed E-state index contributed by atoms with van der Waals surface area (Å²) in [6.07, 6.45) is 8.99. The van der Waals surface area contributed by atoms with Crippen molar-refractivity contribution >= 4 is 22.4 Å². The zero-order chi connectivity index (χ0) is 23.3. The van der Waals surface area contributed by atoms with E-state index in [4.69, 9.17) is 18.8 Å². The smallest absolute Gasteiger partial charge is 0.175 e. The molecular weight excluding hydrogens is 446 g/mol. The van der Waals surface area contributed by atoms with Crippen molar-refractivity contribution in [1.82, 2.24) is 23.7 Å². The lowest BCUT2D eigenvalue weighted by Crippen LogP contribution is -2.46. The van der Waals surface area contributed by atoms with Crippen LogP contribution in [-0.4, -0.2) is 77.3 Å². The van der Waals surface area contributed by atoms with Gasteiger partial charge in [-0.05, 0) is 36.4 Å². The Kier molecular flexibility index (Phi) is 7.79. The maximum absolute atomic E-state index is 5.77. The van der Waals surface area contributed by atoms with Gasteiger partial charge in [-0.25, -0.2) is 4.98 Å². The summed E-state index contributed by atoms with van der Waals surface area (Å²) in [6.45, 7) is 8.04. The summed E-state index contributed by atoms with van der Waals surface area (Å²) in [4.78, 5) is 9.95. The van der Waals surface area contributed by atoms with Crippen LogP contribution in [-0.2, 0) is 17.8 Å². The first kappa shape index (κ1) is 23.7. The third-order valence-corrected chi connectivity index (χ3v) is 8.10. The lowest BCUT2D eigenvalue weighted by atomic mass is 9.89. The molecule has 1 aliphatic carbocycles. The SMILES string of the molecule is COCCN1CCN(Cc2nc(-c3cn(CC4CCCCC4)c4c(OC)cccc34)ns2)CC1. The first-order chi connectivity index (χ1) is 16.7. The summed E-state index contributed by atoms with van der Waals surface area (Å²) in [5.74, 6) is 2.52. The molecule has 184 valence electrons. The van der Waals surface area contributed by atoms with Crippen molar-refractivity contribution in [3.05, 3.63) is 29.4 Å². The van der Waals surface area contributed by atoms with Crippen LogP contribution in [0, 0.1) is 5.92 Å². The number of ether oxygens (including phenoxy) is 2. The normalized spacial score (nSPS) is 18.6. The average Bonchev–Trinajstić information content (AvgIpc) is 3.49. The standard InChI is InChI=1S/C26H37N5O2S/c1-32-16-15-29-11-13-30(14-12-29)19-24-27-26(28-34-24)22-18-31(17-20-7-4-3-5-8-20)25-21(22)9-6-10-23(25)33-2/h6,9-10,18,20H,3-5,7-8,11-17,19H2,1-2H3. The van der Waals surface area contributed by atoms with Gasteiger partial charge in [-0.15, -0.1) is 0 Å². The first-order valence-corrected chi connectivity index (χ1v) is 13.4. The Morgan fingerprint density at radius 2 is 1.82 bits per heavy atom. The van der Waals surface area contributed by atoms with Crippen LogP contribution in [0.25, 0.3) is 22.3 Å². The molecule has 1 saturated heterocycles. The summed E-state index contributed by atoms with van der Waals surface area (Å²) in [6, 6.07) is 6.33. The molecule has 0 N–H and O–H groups in total. The van der Waals surface area contributed by atoms with Crippen LogP contribution >= 0.6 is 11.5 Å². The highest BCUT2D eigenvalue weighted by atomic mass is 32.1. The van der Waals surface area contributed by atoms with Crippen molar-refractivity contribution < 1.29 is 9.47 Å². The third-order valence-electron chi connectivity index (χ3n) is 7.41. The summed E-state index contributed by atoms with van der Waals surface area (Å²) in [5, 5.41) is 2.28. The number of methoxy groups -OCH3 is 2. The molecule has 0 spiro atoms. The van der Waals surface area contributed by atoms with Crippen molar-refractivity contribution in [2.45, 2.75) is 45.2 Å². The summed E-state index contributed by atoms with van der Waals surface area (Å²) >= 11 is 1.54. The monoisotopic (exact) mass is 483 g/mol. The lowest BCUT2D eigenvalue weighted by Gasteiger charge is -2.33.